The minimum atomic E-state index is -0.0603. The van der Waals surface area contributed by atoms with Gasteiger partial charge in [0.15, 0.2) is 0 Å². The molecule has 0 radical (unpaired) electrons. The molecule has 1 aliphatic heterocycles. The summed E-state index contributed by atoms with van der Waals surface area (Å²) in [5.41, 5.74) is 0.517. The Morgan fingerprint density at radius 2 is 2.31 bits per heavy atom. The number of carbonyl (C=O) groups is 1. The van der Waals surface area contributed by atoms with Gasteiger partial charge in [0.25, 0.3) is 5.91 Å². The molecule has 0 saturated carbocycles. The Hall–Kier alpha value is -0.490. The van der Waals surface area contributed by atoms with Crippen LogP contribution in [0, 0.1) is 3.57 Å². The molecule has 5 heteroatoms. The molecule has 1 unspecified atom stereocenters. The smallest absolute Gasteiger partial charge is 0.254 e. The SMILES string of the molecule is O=C(c1ccc(I)c(O)c1)N1CCC(Cl)C1. The van der Waals surface area contributed by atoms with Crippen molar-refractivity contribution >= 4 is 40.1 Å². The maximum absolute atomic E-state index is 12.0. The number of alkyl halides is 1. The Kier molecular flexibility index (Phi) is 3.59. The number of hydrogen-bond acceptors (Lipinski definition) is 2. The lowest BCUT2D eigenvalue weighted by Crippen LogP contribution is -2.28. The highest BCUT2D eigenvalue weighted by molar-refractivity contribution is 14.1. The van der Waals surface area contributed by atoms with Gasteiger partial charge in [0.1, 0.15) is 5.75 Å². The molecule has 1 aromatic carbocycles. The highest BCUT2D eigenvalue weighted by atomic mass is 127. The van der Waals surface area contributed by atoms with Crippen molar-refractivity contribution in [1.82, 2.24) is 4.90 Å². The van der Waals surface area contributed by atoms with Gasteiger partial charge in [-0.3, -0.25) is 4.79 Å². The zero-order chi connectivity index (χ0) is 11.7. The molecule has 0 aliphatic carbocycles. The van der Waals surface area contributed by atoms with E-state index >= 15 is 0 Å². The van der Waals surface area contributed by atoms with Crippen LogP contribution in [-0.4, -0.2) is 34.4 Å². The molecule has 0 aromatic heterocycles. The first-order valence-electron chi connectivity index (χ1n) is 5.00. The molecule has 16 heavy (non-hydrogen) atoms. The van der Waals surface area contributed by atoms with Crippen LogP contribution < -0.4 is 0 Å². The molecule has 1 amide bonds. The van der Waals surface area contributed by atoms with Crippen molar-refractivity contribution in [2.75, 3.05) is 13.1 Å². The van der Waals surface area contributed by atoms with Crippen molar-refractivity contribution < 1.29 is 9.90 Å². The van der Waals surface area contributed by atoms with E-state index in [1.807, 2.05) is 22.6 Å². The van der Waals surface area contributed by atoms with E-state index < -0.39 is 0 Å². The van der Waals surface area contributed by atoms with Crippen molar-refractivity contribution in [2.45, 2.75) is 11.8 Å². The summed E-state index contributed by atoms with van der Waals surface area (Å²) in [7, 11) is 0. The van der Waals surface area contributed by atoms with Gasteiger partial charge in [-0.1, -0.05) is 0 Å². The number of nitrogens with zero attached hydrogens (tertiary/aromatic N) is 1. The molecule has 1 aromatic rings. The highest BCUT2D eigenvalue weighted by Crippen LogP contribution is 2.23. The second-order valence-electron chi connectivity index (χ2n) is 3.80. The molecule has 1 aliphatic rings. The Labute approximate surface area is 113 Å². The monoisotopic (exact) mass is 351 g/mol. The van der Waals surface area contributed by atoms with E-state index in [4.69, 9.17) is 11.6 Å². The zero-order valence-electron chi connectivity index (χ0n) is 8.49. The van der Waals surface area contributed by atoms with Crippen molar-refractivity contribution in [3.05, 3.63) is 27.3 Å². The second kappa shape index (κ2) is 4.79. The summed E-state index contributed by atoms with van der Waals surface area (Å²) in [6.45, 7) is 1.28. The number of aromatic hydroxyl groups is 1. The molecule has 1 atom stereocenters. The molecule has 1 heterocycles. The fourth-order valence-corrected chi connectivity index (χ4v) is 2.33. The van der Waals surface area contributed by atoms with Gasteiger partial charge in [-0.25, -0.2) is 0 Å². The van der Waals surface area contributed by atoms with Crippen LogP contribution in [0.4, 0.5) is 0 Å². The quantitative estimate of drug-likeness (QED) is 0.624. The number of phenolic OH excluding ortho intramolecular Hbond substituents is 1. The van der Waals surface area contributed by atoms with E-state index in [2.05, 4.69) is 0 Å². The third kappa shape index (κ3) is 2.43. The number of amides is 1. The van der Waals surface area contributed by atoms with Crippen LogP contribution in [0.25, 0.3) is 0 Å². The summed E-state index contributed by atoms with van der Waals surface area (Å²) >= 11 is 7.97. The average Bonchev–Trinajstić information content (AvgIpc) is 2.68. The van der Waals surface area contributed by atoms with Crippen LogP contribution in [0.3, 0.4) is 0 Å². The number of likely N-dealkylation sites (tertiary alicyclic amines) is 1. The van der Waals surface area contributed by atoms with Gasteiger partial charge >= 0.3 is 0 Å². The van der Waals surface area contributed by atoms with E-state index in [-0.39, 0.29) is 17.0 Å². The summed E-state index contributed by atoms with van der Waals surface area (Å²) in [4.78, 5) is 13.7. The number of phenols is 1. The molecule has 2 rings (SSSR count). The number of rotatable bonds is 1. The zero-order valence-corrected chi connectivity index (χ0v) is 11.4. The van der Waals surface area contributed by atoms with Crippen molar-refractivity contribution in [3.63, 3.8) is 0 Å². The van der Waals surface area contributed by atoms with Crippen molar-refractivity contribution in [3.8, 4) is 5.75 Å². The third-order valence-electron chi connectivity index (χ3n) is 2.61. The number of carbonyl (C=O) groups excluding carboxylic acids is 1. The number of benzene rings is 1. The van der Waals surface area contributed by atoms with Gasteiger partial charge in [0, 0.05) is 18.7 Å². The predicted molar refractivity (Wildman–Crippen MR) is 71.0 cm³/mol. The lowest BCUT2D eigenvalue weighted by Gasteiger charge is -2.15. The first-order valence-corrected chi connectivity index (χ1v) is 6.51. The van der Waals surface area contributed by atoms with Gasteiger partial charge in [0.2, 0.25) is 0 Å². The number of hydrogen-bond donors (Lipinski definition) is 1. The second-order valence-corrected chi connectivity index (χ2v) is 5.58. The summed E-state index contributed by atoms with van der Waals surface area (Å²) in [6.07, 6.45) is 0.837. The molecule has 1 saturated heterocycles. The van der Waals surface area contributed by atoms with E-state index in [9.17, 15) is 9.90 Å². The molecule has 0 bridgehead atoms. The number of halogens is 2. The van der Waals surface area contributed by atoms with E-state index in [1.165, 1.54) is 6.07 Å². The minimum Gasteiger partial charge on any atom is -0.507 e. The summed E-state index contributed by atoms with van der Waals surface area (Å²) in [6, 6.07) is 4.97. The van der Waals surface area contributed by atoms with E-state index in [0.717, 1.165) is 9.99 Å². The van der Waals surface area contributed by atoms with Crippen LogP contribution in [0.2, 0.25) is 0 Å². The van der Waals surface area contributed by atoms with Crippen LogP contribution in [0.1, 0.15) is 16.8 Å². The first kappa shape index (κ1) is 12.0. The molecule has 86 valence electrons. The molecule has 3 nitrogen and oxygen atoms in total. The minimum absolute atomic E-state index is 0.0568. The molecular formula is C11H11ClINO2. The third-order valence-corrected chi connectivity index (χ3v) is 3.88. The molecule has 1 N–H and O–H groups in total. The topological polar surface area (TPSA) is 40.5 Å². The van der Waals surface area contributed by atoms with Crippen molar-refractivity contribution in [1.29, 1.82) is 0 Å². The Morgan fingerprint density at radius 3 is 2.88 bits per heavy atom. The Balaban J connectivity index is 2.18. The summed E-state index contributed by atoms with van der Waals surface area (Å²) in [5.74, 6) is 0.0860. The summed E-state index contributed by atoms with van der Waals surface area (Å²) in [5, 5.41) is 9.60. The summed E-state index contributed by atoms with van der Waals surface area (Å²) < 4.78 is 0.741. The molecule has 0 spiro atoms. The van der Waals surface area contributed by atoms with Crippen LogP contribution >= 0.6 is 34.2 Å². The maximum atomic E-state index is 12.0. The van der Waals surface area contributed by atoms with E-state index in [1.54, 1.807) is 17.0 Å². The van der Waals surface area contributed by atoms with Gasteiger partial charge in [-0.2, -0.15) is 0 Å². The Bertz CT molecular complexity index is 424. The lowest BCUT2D eigenvalue weighted by molar-refractivity contribution is 0.0792. The van der Waals surface area contributed by atoms with E-state index in [0.29, 0.717) is 18.7 Å². The van der Waals surface area contributed by atoms with Crippen LogP contribution in [0.5, 0.6) is 5.75 Å². The van der Waals surface area contributed by atoms with Crippen molar-refractivity contribution in [2.24, 2.45) is 0 Å². The van der Waals surface area contributed by atoms with Gasteiger partial charge in [-0.15, -0.1) is 11.6 Å². The lowest BCUT2D eigenvalue weighted by atomic mass is 10.2. The normalized spacial score (nSPS) is 20.1. The Morgan fingerprint density at radius 1 is 1.56 bits per heavy atom. The molecular weight excluding hydrogens is 340 g/mol. The molecule has 1 fully saturated rings. The fourth-order valence-electron chi connectivity index (χ4n) is 1.73. The fraction of sp³-hybridized carbons (Fsp3) is 0.364. The maximum Gasteiger partial charge on any atom is 0.254 e. The van der Waals surface area contributed by atoms with Gasteiger partial charge in [0.05, 0.1) is 8.95 Å². The van der Waals surface area contributed by atoms with Crippen LogP contribution in [-0.2, 0) is 0 Å². The predicted octanol–water partition coefficient (Wildman–Crippen LogP) is 2.45. The highest BCUT2D eigenvalue weighted by Gasteiger charge is 2.25. The first-order chi connectivity index (χ1) is 7.58. The van der Waals surface area contributed by atoms with Gasteiger partial charge < -0.3 is 10.0 Å². The largest absolute Gasteiger partial charge is 0.507 e. The average molecular weight is 352 g/mol. The standard InChI is InChI=1S/C11H11ClINO2/c12-8-3-4-14(6-8)11(16)7-1-2-9(13)10(15)5-7/h1-2,5,8,15H,3-4,6H2. The van der Waals surface area contributed by atoms with Crippen LogP contribution in [0.15, 0.2) is 18.2 Å². The van der Waals surface area contributed by atoms with Gasteiger partial charge in [-0.05, 0) is 47.2 Å².